The molecule has 1 rings (SSSR count). The Morgan fingerprint density at radius 1 is 1.33 bits per heavy atom. The maximum Gasteiger partial charge on any atom is 0.145 e. The molecule has 4 heteroatoms. The molecule has 0 bridgehead atoms. The van der Waals surface area contributed by atoms with E-state index in [1.165, 1.54) is 0 Å². The van der Waals surface area contributed by atoms with E-state index < -0.39 is 0 Å². The maximum atomic E-state index is 8.61. The fraction of sp³-hybridized carbons (Fsp3) is 0.364. The Balaban J connectivity index is 3.02. The highest BCUT2D eigenvalue weighted by Crippen LogP contribution is 2.31. The van der Waals surface area contributed by atoms with Gasteiger partial charge in [-0.15, -0.1) is 0 Å². The van der Waals surface area contributed by atoms with Gasteiger partial charge in [0, 0.05) is 13.1 Å². The summed E-state index contributed by atoms with van der Waals surface area (Å²) >= 11 is 0. The summed E-state index contributed by atoms with van der Waals surface area (Å²) in [5, 5.41) is 8.61. The fourth-order valence-corrected chi connectivity index (χ4v) is 1.29. The molecule has 0 unspecified atom stereocenters. The Hall–Kier alpha value is -1.89. The Labute approximate surface area is 89.6 Å². The molecule has 80 valence electrons. The van der Waals surface area contributed by atoms with Crippen molar-refractivity contribution in [2.45, 2.75) is 0 Å². The maximum absolute atomic E-state index is 8.61. The Morgan fingerprint density at radius 2 is 2.07 bits per heavy atom. The van der Waals surface area contributed by atoms with E-state index in [4.69, 9.17) is 14.7 Å². The molecule has 0 radical (unpaired) electrons. The van der Waals surface area contributed by atoms with E-state index in [0.29, 0.717) is 12.3 Å². The van der Waals surface area contributed by atoms with Crippen molar-refractivity contribution in [3.05, 3.63) is 18.2 Å². The summed E-state index contributed by atoms with van der Waals surface area (Å²) in [6.07, 6.45) is 0. The third-order valence-corrected chi connectivity index (χ3v) is 2.11. The average molecular weight is 206 g/mol. The number of nitrogens with zero attached hydrogens (tertiary/aromatic N) is 2. The minimum Gasteiger partial charge on any atom is -0.497 e. The molecule has 0 atom stereocenters. The number of hydrogen-bond donors (Lipinski definition) is 0. The van der Waals surface area contributed by atoms with Gasteiger partial charge < -0.3 is 14.4 Å². The van der Waals surface area contributed by atoms with Gasteiger partial charge >= 0.3 is 0 Å². The first-order valence-electron chi connectivity index (χ1n) is 4.53. The zero-order chi connectivity index (χ0) is 11.3. The lowest BCUT2D eigenvalue weighted by Gasteiger charge is -2.18. The summed E-state index contributed by atoms with van der Waals surface area (Å²) in [6, 6.07) is 7.59. The van der Waals surface area contributed by atoms with Crippen LogP contribution in [0.5, 0.6) is 11.5 Å². The summed E-state index contributed by atoms with van der Waals surface area (Å²) in [5.41, 5.74) is 0.875. The molecule has 0 aliphatic carbocycles. The van der Waals surface area contributed by atoms with Gasteiger partial charge in [0.25, 0.3) is 0 Å². The van der Waals surface area contributed by atoms with Gasteiger partial charge in [0.05, 0.1) is 26.0 Å². The van der Waals surface area contributed by atoms with Crippen LogP contribution in [-0.4, -0.2) is 27.8 Å². The molecule has 1 aromatic carbocycles. The average Bonchev–Trinajstić information content (AvgIpc) is 2.28. The van der Waals surface area contributed by atoms with Crippen molar-refractivity contribution in [2.75, 3.05) is 32.7 Å². The quantitative estimate of drug-likeness (QED) is 0.703. The molecule has 0 amide bonds. The van der Waals surface area contributed by atoms with Crippen LogP contribution in [0.4, 0.5) is 5.69 Å². The molecule has 0 aromatic heterocycles. The van der Waals surface area contributed by atoms with Crippen LogP contribution in [-0.2, 0) is 0 Å². The summed E-state index contributed by atoms with van der Waals surface area (Å²) in [7, 11) is 5.04. The van der Waals surface area contributed by atoms with Gasteiger partial charge in [0.15, 0.2) is 0 Å². The topological polar surface area (TPSA) is 45.5 Å². The summed E-state index contributed by atoms with van der Waals surface area (Å²) in [6.45, 7) is 0.322. The summed E-state index contributed by atoms with van der Waals surface area (Å²) < 4.78 is 10.3. The second kappa shape index (κ2) is 5.11. The second-order valence-corrected chi connectivity index (χ2v) is 3.05. The first kappa shape index (κ1) is 11.2. The molecule has 0 saturated heterocycles. The Kier molecular flexibility index (Phi) is 3.81. The van der Waals surface area contributed by atoms with E-state index >= 15 is 0 Å². The predicted molar refractivity (Wildman–Crippen MR) is 58.4 cm³/mol. The molecule has 0 heterocycles. The van der Waals surface area contributed by atoms with Crippen LogP contribution in [0.25, 0.3) is 0 Å². The van der Waals surface area contributed by atoms with E-state index in [-0.39, 0.29) is 0 Å². The lowest BCUT2D eigenvalue weighted by Crippen LogP contribution is -2.17. The Morgan fingerprint density at radius 3 is 2.60 bits per heavy atom. The van der Waals surface area contributed by atoms with Crippen molar-refractivity contribution >= 4 is 5.69 Å². The van der Waals surface area contributed by atoms with Gasteiger partial charge in [0.2, 0.25) is 0 Å². The van der Waals surface area contributed by atoms with Gasteiger partial charge in [-0.25, -0.2) is 0 Å². The smallest absolute Gasteiger partial charge is 0.145 e. The van der Waals surface area contributed by atoms with E-state index in [0.717, 1.165) is 11.4 Å². The van der Waals surface area contributed by atoms with Crippen molar-refractivity contribution in [3.8, 4) is 17.6 Å². The molecule has 0 aliphatic rings. The van der Waals surface area contributed by atoms with Crippen molar-refractivity contribution < 1.29 is 9.47 Å². The van der Waals surface area contributed by atoms with Crippen molar-refractivity contribution in [3.63, 3.8) is 0 Å². The van der Waals surface area contributed by atoms with Crippen LogP contribution in [0.1, 0.15) is 0 Å². The molecule has 15 heavy (non-hydrogen) atoms. The number of nitriles is 1. The van der Waals surface area contributed by atoms with E-state index in [9.17, 15) is 0 Å². The number of ether oxygens (including phenoxy) is 2. The van der Waals surface area contributed by atoms with Crippen LogP contribution >= 0.6 is 0 Å². The van der Waals surface area contributed by atoms with Crippen molar-refractivity contribution in [1.82, 2.24) is 0 Å². The van der Waals surface area contributed by atoms with Crippen LogP contribution < -0.4 is 14.4 Å². The number of methoxy groups -OCH3 is 2. The van der Waals surface area contributed by atoms with Gasteiger partial charge in [-0.05, 0) is 12.1 Å². The summed E-state index contributed by atoms with van der Waals surface area (Å²) in [5.74, 6) is 1.44. The number of benzene rings is 1. The van der Waals surface area contributed by atoms with Crippen LogP contribution in [0, 0.1) is 11.3 Å². The minimum absolute atomic E-state index is 0.322. The van der Waals surface area contributed by atoms with Crippen LogP contribution in [0.2, 0.25) is 0 Å². The molecule has 4 nitrogen and oxygen atoms in total. The first-order valence-corrected chi connectivity index (χ1v) is 4.53. The fourth-order valence-electron chi connectivity index (χ4n) is 1.29. The molecule has 0 spiro atoms. The molecule has 0 saturated carbocycles. The molecule has 0 aliphatic heterocycles. The van der Waals surface area contributed by atoms with Gasteiger partial charge in [-0.1, -0.05) is 0 Å². The normalized spacial score (nSPS) is 9.20. The third kappa shape index (κ3) is 2.53. The third-order valence-electron chi connectivity index (χ3n) is 2.11. The number of anilines is 1. The number of rotatable bonds is 4. The van der Waals surface area contributed by atoms with Crippen LogP contribution in [0.3, 0.4) is 0 Å². The molecular formula is C11H14N2O2. The first-order chi connectivity index (χ1) is 7.22. The molecule has 1 aromatic rings. The molecule has 0 N–H and O–H groups in total. The highest BCUT2D eigenvalue weighted by molar-refractivity contribution is 5.61. The van der Waals surface area contributed by atoms with E-state index in [1.54, 1.807) is 20.3 Å². The van der Waals surface area contributed by atoms with Crippen LogP contribution in [0.15, 0.2) is 18.2 Å². The molecular weight excluding hydrogens is 192 g/mol. The lowest BCUT2D eigenvalue weighted by atomic mass is 10.2. The Bertz CT molecular complexity index is 371. The highest BCUT2D eigenvalue weighted by Gasteiger charge is 2.08. The molecule has 0 fully saturated rings. The van der Waals surface area contributed by atoms with Crippen molar-refractivity contribution in [1.29, 1.82) is 5.26 Å². The van der Waals surface area contributed by atoms with E-state index in [1.807, 2.05) is 24.1 Å². The highest BCUT2D eigenvalue weighted by atomic mass is 16.5. The standard InChI is InChI=1S/C11H14N2O2/c1-13(7-6-12)10-5-4-9(14-2)8-11(10)15-3/h4-5,8H,7H2,1-3H3. The van der Waals surface area contributed by atoms with Gasteiger partial charge in [-0.2, -0.15) is 5.26 Å². The second-order valence-electron chi connectivity index (χ2n) is 3.05. The summed E-state index contributed by atoms with van der Waals surface area (Å²) in [4.78, 5) is 1.82. The van der Waals surface area contributed by atoms with Gasteiger partial charge in [0.1, 0.15) is 18.0 Å². The number of hydrogen-bond acceptors (Lipinski definition) is 4. The zero-order valence-corrected chi connectivity index (χ0v) is 9.15. The van der Waals surface area contributed by atoms with E-state index in [2.05, 4.69) is 6.07 Å². The minimum atomic E-state index is 0.322. The van der Waals surface area contributed by atoms with Crippen molar-refractivity contribution in [2.24, 2.45) is 0 Å². The monoisotopic (exact) mass is 206 g/mol. The predicted octanol–water partition coefficient (Wildman–Crippen LogP) is 1.66. The largest absolute Gasteiger partial charge is 0.497 e. The SMILES string of the molecule is COc1ccc(N(C)CC#N)c(OC)c1. The zero-order valence-electron chi connectivity index (χ0n) is 9.15. The van der Waals surface area contributed by atoms with Gasteiger partial charge in [-0.3, -0.25) is 0 Å². The lowest BCUT2D eigenvalue weighted by molar-refractivity contribution is 0.394.